The molecule has 0 aliphatic carbocycles. The fourth-order valence-corrected chi connectivity index (χ4v) is 2.81. The minimum absolute atomic E-state index is 0.178. The average Bonchev–Trinajstić information content (AvgIpc) is 2.67. The Morgan fingerprint density at radius 3 is 2.12 bits per heavy atom. The lowest BCUT2D eigenvalue weighted by atomic mass is 10.0. The molecule has 1 heterocycles. The van der Waals surface area contributed by atoms with Crippen LogP contribution < -0.4 is 19.6 Å². The van der Waals surface area contributed by atoms with Gasteiger partial charge in [-0.3, -0.25) is 9.36 Å². The van der Waals surface area contributed by atoms with E-state index in [-0.39, 0.29) is 5.43 Å². The Hall–Kier alpha value is -3.39. The van der Waals surface area contributed by atoms with Crippen LogP contribution in [0.25, 0.3) is 22.0 Å². The Balaban J connectivity index is 2.41. The highest BCUT2D eigenvalue weighted by Crippen LogP contribution is 2.32. The normalized spacial score (nSPS) is 10.3. The second kappa shape index (κ2) is 6.62. The SMILES string of the molecule is C#Cn1cc(-c2ccc(OC)cc2)c(=O)c2c(OC)ccc(OC)c21. The van der Waals surface area contributed by atoms with Crippen molar-refractivity contribution in [2.45, 2.75) is 0 Å². The molecule has 2 aromatic carbocycles. The van der Waals surface area contributed by atoms with Gasteiger partial charge in [-0.1, -0.05) is 18.6 Å². The molecule has 0 radical (unpaired) electrons. The molecule has 0 fully saturated rings. The third kappa shape index (κ3) is 2.68. The van der Waals surface area contributed by atoms with E-state index >= 15 is 0 Å². The molecular weight excluding hydrogens is 318 g/mol. The van der Waals surface area contributed by atoms with Gasteiger partial charge in [0.1, 0.15) is 22.8 Å². The summed E-state index contributed by atoms with van der Waals surface area (Å²) >= 11 is 0. The number of methoxy groups -OCH3 is 3. The van der Waals surface area contributed by atoms with Crippen LogP contribution in [0.4, 0.5) is 0 Å². The topological polar surface area (TPSA) is 49.7 Å². The van der Waals surface area contributed by atoms with Crippen molar-refractivity contribution in [2.24, 2.45) is 0 Å². The highest BCUT2D eigenvalue weighted by Gasteiger charge is 2.18. The molecule has 5 heteroatoms. The Kier molecular flexibility index (Phi) is 4.36. The van der Waals surface area contributed by atoms with Gasteiger partial charge < -0.3 is 14.2 Å². The minimum Gasteiger partial charge on any atom is -0.497 e. The molecule has 3 rings (SSSR count). The van der Waals surface area contributed by atoms with Crippen molar-refractivity contribution in [3.05, 3.63) is 52.8 Å². The third-order valence-corrected chi connectivity index (χ3v) is 4.05. The average molecular weight is 335 g/mol. The van der Waals surface area contributed by atoms with Crippen LogP contribution in [-0.4, -0.2) is 25.9 Å². The van der Waals surface area contributed by atoms with Crippen LogP contribution in [0.15, 0.2) is 47.4 Å². The molecule has 0 atom stereocenters. The van der Waals surface area contributed by atoms with Gasteiger partial charge in [0.2, 0.25) is 5.43 Å². The lowest BCUT2D eigenvalue weighted by Crippen LogP contribution is -2.12. The van der Waals surface area contributed by atoms with Gasteiger partial charge >= 0.3 is 0 Å². The maximum atomic E-state index is 13.2. The summed E-state index contributed by atoms with van der Waals surface area (Å²) in [7, 11) is 4.64. The van der Waals surface area contributed by atoms with E-state index in [0.29, 0.717) is 33.7 Å². The van der Waals surface area contributed by atoms with Crippen molar-refractivity contribution in [2.75, 3.05) is 21.3 Å². The van der Waals surface area contributed by atoms with Crippen LogP contribution in [0.3, 0.4) is 0 Å². The number of pyridine rings is 1. The van der Waals surface area contributed by atoms with Crippen molar-refractivity contribution in [1.29, 1.82) is 0 Å². The monoisotopic (exact) mass is 335 g/mol. The quantitative estimate of drug-likeness (QED) is 0.687. The number of ether oxygens (including phenoxy) is 3. The molecule has 1 aromatic heterocycles. The van der Waals surface area contributed by atoms with Gasteiger partial charge in [0.05, 0.1) is 26.7 Å². The Morgan fingerprint density at radius 1 is 0.920 bits per heavy atom. The van der Waals surface area contributed by atoms with Crippen LogP contribution in [0.1, 0.15) is 0 Å². The predicted octanol–water partition coefficient (Wildman–Crippen LogP) is 3.13. The summed E-state index contributed by atoms with van der Waals surface area (Å²) in [6.45, 7) is 0. The molecule has 0 saturated carbocycles. The van der Waals surface area contributed by atoms with E-state index in [1.165, 1.54) is 18.8 Å². The Labute approximate surface area is 145 Å². The number of hydrogen-bond donors (Lipinski definition) is 0. The largest absolute Gasteiger partial charge is 0.497 e. The standard InChI is InChI=1S/C20H17NO4/c1-5-21-12-15(13-6-8-14(23-2)9-7-13)20(22)18-16(24-3)10-11-17(25-4)19(18)21/h1,6-12H,2-4H3. The van der Waals surface area contributed by atoms with Crippen LogP contribution in [0, 0.1) is 12.5 Å². The Morgan fingerprint density at radius 2 is 1.56 bits per heavy atom. The van der Waals surface area contributed by atoms with Crippen LogP contribution >= 0.6 is 0 Å². The Bertz CT molecular complexity index is 1030. The lowest BCUT2D eigenvalue weighted by Gasteiger charge is -2.14. The summed E-state index contributed by atoms with van der Waals surface area (Å²) < 4.78 is 17.5. The number of fused-ring (bicyclic) bond motifs is 1. The van der Waals surface area contributed by atoms with Crippen LogP contribution in [0.5, 0.6) is 17.2 Å². The smallest absolute Gasteiger partial charge is 0.201 e. The molecule has 3 aromatic rings. The van der Waals surface area contributed by atoms with E-state index < -0.39 is 0 Å². The fraction of sp³-hybridized carbons (Fsp3) is 0.150. The van der Waals surface area contributed by atoms with Crippen molar-refractivity contribution in [3.8, 4) is 40.8 Å². The zero-order valence-corrected chi connectivity index (χ0v) is 14.2. The van der Waals surface area contributed by atoms with Gasteiger partial charge in [-0.05, 0) is 29.8 Å². The summed E-state index contributed by atoms with van der Waals surface area (Å²) in [5, 5.41) is 0.383. The fourth-order valence-electron chi connectivity index (χ4n) is 2.81. The highest BCUT2D eigenvalue weighted by molar-refractivity contribution is 5.94. The first kappa shape index (κ1) is 16.5. The van der Waals surface area contributed by atoms with Gasteiger partial charge in [0, 0.05) is 17.8 Å². The maximum absolute atomic E-state index is 13.2. The van der Waals surface area contributed by atoms with Gasteiger partial charge in [0.25, 0.3) is 0 Å². The number of aromatic nitrogens is 1. The van der Waals surface area contributed by atoms with Gasteiger partial charge in [0.15, 0.2) is 0 Å². The second-order valence-electron chi connectivity index (χ2n) is 5.29. The number of nitrogens with zero attached hydrogens (tertiary/aromatic N) is 1. The molecule has 126 valence electrons. The zero-order chi connectivity index (χ0) is 18.0. The molecule has 0 saturated heterocycles. The third-order valence-electron chi connectivity index (χ3n) is 4.05. The van der Waals surface area contributed by atoms with Crippen molar-refractivity contribution in [1.82, 2.24) is 4.57 Å². The molecule has 0 aliphatic heterocycles. The summed E-state index contributed by atoms with van der Waals surface area (Å²) in [4.78, 5) is 13.2. The van der Waals surface area contributed by atoms with Gasteiger partial charge in [-0.2, -0.15) is 0 Å². The number of hydrogen-bond acceptors (Lipinski definition) is 4. The molecule has 0 spiro atoms. The molecular formula is C20H17NO4. The molecule has 0 N–H and O–H groups in total. The van der Waals surface area contributed by atoms with Gasteiger partial charge in [-0.25, -0.2) is 0 Å². The molecule has 0 unspecified atom stereocenters. The maximum Gasteiger partial charge on any atom is 0.201 e. The molecule has 0 amide bonds. The first-order valence-electron chi connectivity index (χ1n) is 7.56. The minimum atomic E-state index is -0.178. The summed E-state index contributed by atoms with van der Waals surface area (Å²) in [5.74, 6) is 1.66. The summed E-state index contributed by atoms with van der Waals surface area (Å²) in [6.07, 6.45) is 7.30. The number of benzene rings is 2. The second-order valence-corrected chi connectivity index (χ2v) is 5.29. The van der Waals surface area contributed by atoms with E-state index in [9.17, 15) is 4.79 Å². The first-order valence-corrected chi connectivity index (χ1v) is 7.56. The van der Waals surface area contributed by atoms with E-state index in [4.69, 9.17) is 20.6 Å². The van der Waals surface area contributed by atoms with E-state index in [0.717, 1.165) is 5.56 Å². The summed E-state index contributed by atoms with van der Waals surface area (Å²) in [5.41, 5.74) is 1.54. The van der Waals surface area contributed by atoms with Crippen molar-refractivity contribution < 1.29 is 14.2 Å². The number of rotatable bonds is 4. The summed E-state index contributed by atoms with van der Waals surface area (Å²) in [6, 6.07) is 13.2. The lowest BCUT2D eigenvalue weighted by molar-refractivity contribution is 0.409. The molecule has 5 nitrogen and oxygen atoms in total. The molecule has 25 heavy (non-hydrogen) atoms. The zero-order valence-electron chi connectivity index (χ0n) is 14.2. The van der Waals surface area contributed by atoms with Crippen LogP contribution in [-0.2, 0) is 0 Å². The van der Waals surface area contributed by atoms with Crippen LogP contribution in [0.2, 0.25) is 0 Å². The van der Waals surface area contributed by atoms with E-state index in [1.54, 1.807) is 37.6 Å². The number of terminal acetylenes is 1. The van der Waals surface area contributed by atoms with E-state index in [2.05, 4.69) is 6.04 Å². The van der Waals surface area contributed by atoms with Crippen molar-refractivity contribution in [3.63, 3.8) is 0 Å². The van der Waals surface area contributed by atoms with E-state index in [1.807, 2.05) is 12.1 Å². The highest BCUT2D eigenvalue weighted by atomic mass is 16.5. The van der Waals surface area contributed by atoms with Gasteiger partial charge in [-0.15, -0.1) is 0 Å². The molecule has 0 aliphatic rings. The predicted molar refractivity (Wildman–Crippen MR) is 97.5 cm³/mol. The first-order chi connectivity index (χ1) is 12.1. The van der Waals surface area contributed by atoms with Crippen molar-refractivity contribution >= 4 is 10.9 Å². The molecule has 0 bridgehead atoms.